The van der Waals surface area contributed by atoms with Crippen molar-refractivity contribution in [3.63, 3.8) is 0 Å². The van der Waals surface area contributed by atoms with Gasteiger partial charge in [0.05, 0.1) is 29.2 Å². The Morgan fingerprint density at radius 1 is 1.45 bits per heavy atom. The summed E-state index contributed by atoms with van der Waals surface area (Å²) in [6.07, 6.45) is 0. The molecule has 1 aromatic carbocycles. The molecule has 0 aliphatic carbocycles. The number of ether oxygens (including phenoxy) is 1. The molecule has 0 bridgehead atoms. The minimum atomic E-state index is -0.150. The lowest BCUT2D eigenvalue weighted by Gasteiger charge is -2.24. The van der Waals surface area contributed by atoms with E-state index < -0.39 is 0 Å². The summed E-state index contributed by atoms with van der Waals surface area (Å²) in [5.41, 5.74) is 0.843. The van der Waals surface area contributed by atoms with E-state index in [1.807, 2.05) is 19.2 Å². The maximum absolute atomic E-state index is 12.4. The van der Waals surface area contributed by atoms with E-state index >= 15 is 0 Å². The maximum Gasteiger partial charge on any atom is 0.229 e. The fraction of sp³-hybridized carbons (Fsp3) is 0.500. The minimum Gasteiger partial charge on any atom is -0.379 e. The van der Waals surface area contributed by atoms with Crippen LogP contribution in [-0.2, 0) is 16.1 Å². The standard InChI is InChI=1S/C14H18Cl2N2O2/c1-17-12-8-20-7-10(12)14(19)18(2)6-9-4-3-5-11(15)13(9)16/h3-5,10,12,17H,6-8H2,1-2H3. The van der Waals surface area contributed by atoms with Crippen LogP contribution in [-0.4, -0.2) is 44.2 Å². The molecule has 1 fully saturated rings. The van der Waals surface area contributed by atoms with Crippen LogP contribution in [0.15, 0.2) is 18.2 Å². The lowest BCUT2D eigenvalue weighted by Crippen LogP contribution is -2.43. The van der Waals surface area contributed by atoms with Crippen molar-refractivity contribution in [2.24, 2.45) is 5.92 Å². The number of amides is 1. The molecule has 1 amide bonds. The molecule has 0 aromatic heterocycles. The van der Waals surface area contributed by atoms with Crippen LogP contribution in [0.2, 0.25) is 10.0 Å². The van der Waals surface area contributed by atoms with Gasteiger partial charge >= 0.3 is 0 Å². The summed E-state index contributed by atoms with van der Waals surface area (Å²) < 4.78 is 5.37. The Labute approximate surface area is 129 Å². The Morgan fingerprint density at radius 3 is 2.90 bits per heavy atom. The molecule has 1 saturated heterocycles. The number of rotatable bonds is 4. The summed E-state index contributed by atoms with van der Waals surface area (Å²) in [5.74, 6) is -0.0964. The van der Waals surface area contributed by atoms with Crippen LogP contribution < -0.4 is 5.32 Å². The van der Waals surface area contributed by atoms with Gasteiger partial charge in [-0.25, -0.2) is 0 Å². The molecule has 0 radical (unpaired) electrons. The lowest BCUT2D eigenvalue weighted by molar-refractivity contribution is -0.135. The van der Waals surface area contributed by atoms with Gasteiger partial charge in [0, 0.05) is 19.6 Å². The Balaban J connectivity index is 2.06. The van der Waals surface area contributed by atoms with E-state index in [0.717, 1.165) is 5.56 Å². The molecule has 110 valence electrons. The number of halogens is 2. The van der Waals surface area contributed by atoms with E-state index in [2.05, 4.69) is 5.32 Å². The topological polar surface area (TPSA) is 41.6 Å². The second-order valence-electron chi connectivity index (χ2n) is 4.95. The molecular formula is C14H18Cl2N2O2. The fourth-order valence-electron chi connectivity index (χ4n) is 2.37. The number of nitrogens with one attached hydrogen (secondary N) is 1. The van der Waals surface area contributed by atoms with Gasteiger partial charge in [0.1, 0.15) is 0 Å². The minimum absolute atomic E-state index is 0.0536. The van der Waals surface area contributed by atoms with E-state index in [0.29, 0.717) is 29.8 Å². The highest BCUT2D eigenvalue weighted by Crippen LogP contribution is 2.27. The van der Waals surface area contributed by atoms with Crippen molar-refractivity contribution in [1.82, 2.24) is 10.2 Å². The van der Waals surface area contributed by atoms with Crippen LogP contribution in [0.5, 0.6) is 0 Å². The number of likely N-dealkylation sites (N-methyl/N-ethyl adjacent to an activating group) is 1. The second-order valence-corrected chi connectivity index (χ2v) is 5.73. The second kappa shape index (κ2) is 6.76. The zero-order valence-corrected chi connectivity index (χ0v) is 13.0. The third-order valence-corrected chi connectivity index (χ3v) is 4.44. The molecule has 1 aliphatic rings. The van der Waals surface area contributed by atoms with Crippen molar-refractivity contribution in [3.8, 4) is 0 Å². The van der Waals surface area contributed by atoms with Crippen molar-refractivity contribution in [2.75, 3.05) is 27.3 Å². The first-order valence-corrected chi connectivity index (χ1v) is 7.23. The Hall–Kier alpha value is -0.810. The molecule has 2 unspecified atom stereocenters. The summed E-state index contributed by atoms with van der Waals surface area (Å²) in [7, 11) is 3.61. The third-order valence-electron chi connectivity index (χ3n) is 3.58. The number of benzene rings is 1. The van der Waals surface area contributed by atoms with Crippen molar-refractivity contribution in [2.45, 2.75) is 12.6 Å². The molecule has 20 heavy (non-hydrogen) atoms. The number of carbonyl (C=O) groups is 1. The number of nitrogens with zero attached hydrogens (tertiary/aromatic N) is 1. The smallest absolute Gasteiger partial charge is 0.229 e. The van der Waals surface area contributed by atoms with Crippen LogP contribution in [0.1, 0.15) is 5.56 Å². The van der Waals surface area contributed by atoms with Crippen molar-refractivity contribution in [3.05, 3.63) is 33.8 Å². The summed E-state index contributed by atoms with van der Waals surface area (Å²) in [6.45, 7) is 1.46. The average molecular weight is 317 g/mol. The Bertz CT molecular complexity index is 496. The van der Waals surface area contributed by atoms with Crippen LogP contribution in [0.4, 0.5) is 0 Å². The molecule has 2 rings (SSSR count). The molecule has 2 atom stereocenters. The first-order chi connectivity index (χ1) is 9.54. The molecule has 1 aromatic rings. The first-order valence-electron chi connectivity index (χ1n) is 6.47. The summed E-state index contributed by atoms with van der Waals surface area (Å²) in [4.78, 5) is 14.1. The average Bonchev–Trinajstić information content (AvgIpc) is 2.91. The predicted molar refractivity (Wildman–Crippen MR) is 80.1 cm³/mol. The molecule has 1 aliphatic heterocycles. The third kappa shape index (κ3) is 3.26. The number of hydrogen-bond acceptors (Lipinski definition) is 3. The van der Waals surface area contributed by atoms with E-state index in [-0.39, 0.29) is 17.9 Å². The molecule has 4 nitrogen and oxygen atoms in total. The highest BCUT2D eigenvalue weighted by Gasteiger charge is 2.34. The van der Waals surface area contributed by atoms with Gasteiger partial charge in [0.15, 0.2) is 0 Å². The van der Waals surface area contributed by atoms with Crippen LogP contribution in [0.3, 0.4) is 0 Å². The number of carbonyl (C=O) groups excluding carboxylic acids is 1. The highest BCUT2D eigenvalue weighted by molar-refractivity contribution is 6.42. The highest BCUT2D eigenvalue weighted by atomic mass is 35.5. The quantitative estimate of drug-likeness (QED) is 0.925. The van der Waals surface area contributed by atoms with E-state index in [4.69, 9.17) is 27.9 Å². The largest absolute Gasteiger partial charge is 0.379 e. The first kappa shape index (κ1) is 15.6. The van der Waals surface area contributed by atoms with Crippen LogP contribution in [0.25, 0.3) is 0 Å². The molecular weight excluding hydrogens is 299 g/mol. The van der Waals surface area contributed by atoms with Gasteiger partial charge in [0.25, 0.3) is 0 Å². The van der Waals surface area contributed by atoms with Crippen LogP contribution in [0, 0.1) is 5.92 Å². The Morgan fingerprint density at radius 2 is 2.20 bits per heavy atom. The van der Waals surface area contributed by atoms with Gasteiger partial charge in [-0.15, -0.1) is 0 Å². The molecule has 6 heteroatoms. The van der Waals surface area contributed by atoms with Crippen molar-refractivity contribution < 1.29 is 9.53 Å². The summed E-state index contributed by atoms with van der Waals surface area (Å²) in [5, 5.41) is 4.12. The van der Waals surface area contributed by atoms with E-state index in [1.165, 1.54) is 0 Å². The monoisotopic (exact) mass is 316 g/mol. The van der Waals surface area contributed by atoms with Gasteiger partial charge in [-0.2, -0.15) is 0 Å². The van der Waals surface area contributed by atoms with E-state index in [1.54, 1.807) is 18.0 Å². The molecule has 1 N–H and O–H groups in total. The van der Waals surface area contributed by atoms with Gasteiger partial charge in [-0.1, -0.05) is 35.3 Å². The molecule has 1 heterocycles. The van der Waals surface area contributed by atoms with Crippen molar-refractivity contribution >= 4 is 29.1 Å². The zero-order chi connectivity index (χ0) is 14.7. The lowest BCUT2D eigenvalue weighted by atomic mass is 10.0. The fourth-order valence-corrected chi connectivity index (χ4v) is 2.75. The van der Waals surface area contributed by atoms with Gasteiger partial charge in [-0.05, 0) is 18.7 Å². The van der Waals surface area contributed by atoms with Crippen LogP contribution >= 0.6 is 23.2 Å². The zero-order valence-electron chi connectivity index (χ0n) is 11.5. The predicted octanol–water partition coefficient (Wildman–Crippen LogP) is 2.19. The van der Waals surface area contributed by atoms with Gasteiger partial charge in [0.2, 0.25) is 5.91 Å². The normalized spacial score (nSPS) is 22.0. The maximum atomic E-state index is 12.4. The van der Waals surface area contributed by atoms with Gasteiger partial charge < -0.3 is 15.0 Å². The molecule has 0 saturated carbocycles. The summed E-state index contributed by atoms with van der Waals surface area (Å²) >= 11 is 12.1. The molecule has 0 spiro atoms. The van der Waals surface area contributed by atoms with Crippen molar-refractivity contribution in [1.29, 1.82) is 0 Å². The summed E-state index contributed by atoms with van der Waals surface area (Å²) in [6, 6.07) is 5.51. The van der Waals surface area contributed by atoms with Gasteiger partial charge in [-0.3, -0.25) is 4.79 Å². The number of hydrogen-bond donors (Lipinski definition) is 1. The van der Waals surface area contributed by atoms with E-state index in [9.17, 15) is 4.79 Å². The SMILES string of the molecule is CNC1COCC1C(=O)N(C)Cc1cccc(Cl)c1Cl. The Kier molecular flexibility index (Phi) is 5.27.